The smallest absolute Gasteiger partial charge is 0.255 e. The van der Waals surface area contributed by atoms with Gasteiger partial charge in [-0.15, -0.1) is 0 Å². The molecule has 1 fully saturated rings. The zero-order valence-electron chi connectivity index (χ0n) is 15.5. The molecule has 1 saturated heterocycles. The Kier molecular flexibility index (Phi) is 5.48. The number of nitrogens with zero attached hydrogens (tertiary/aromatic N) is 3. The van der Waals surface area contributed by atoms with Gasteiger partial charge in [0.15, 0.2) is 0 Å². The number of rotatable bonds is 4. The van der Waals surface area contributed by atoms with E-state index in [9.17, 15) is 9.59 Å². The van der Waals surface area contributed by atoms with E-state index in [4.69, 9.17) is 0 Å². The molecule has 144 valence electrons. The molecule has 0 saturated carbocycles. The lowest BCUT2D eigenvalue weighted by Gasteiger charge is -2.35. The molecule has 0 bridgehead atoms. The first-order valence-corrected chi connectivity index (χ1v) is 10.5. The fourth-order valence-corrected chi connectivity index (χ4v) is 4.09. The van der Waals surface area contributed by atoms with Crippen LogP contribution < -0.4 is 4.90 Å². The van der Waals surface area contributed by atoms with Crippen LogP contribution in [0.4, 0.5) is 5.69 Å². The van der Waals surface area contributed by atoms with E-state index in [0.29, 0.717) is 25.3 Å². The number of amides is 2. The number of carbonyl (C=O) groups is 2. The van der Waals surface area contributed by atoms with E-state index in [2.05, 4.69) is 15.9 Å². The average Bonchev–Trinajstić information content (AvgIpc) is 3.15. The summed E-state index contributed by atoms with van der Waals surface area (Å²) in [6.45, 7) is 1.67. The Bertz CT molecular complexity index is 882. The van der Waals surface area contributed by atoms with Gasteiger partial charge in [0.1, 0.15) is 6.04 Å². The van der Waals surface area contributed by atoms with Gasteiger partial charge in [0.25, 0.3) is 5.91 Å². The van der Waals surface area contributed by atoms with Crippen LogP contribution in [-0.4, -0.2) is 47.4 Å². The topological polar surface area (TPSA) is 43.9 Å². The van der Waals surface area contributed by atoms with Crippen LogP contribution in [0.5, 0.6) is 0 Å². The van der Waals surface area contributed by atoms with Crippen molar-refractivity contribution in [1.29, 1.82) is 0 Å². The summed E-state index contributed by atoms with van der Waals surface area (Å²) < 4.78 is 0. The lowest BCUT2D eigenvalue weighted by atomic mass is 10.1. The largest absolute Gasteiger partial charge is 0.348 e. The Labute approximate surface area is 173 Å². The molecule has 2 aliphatic heterocycles. The first kappa shape index (κ1) is 18.7. The summed E-state index contributed by atoms with van der Waals surface area (Å²) >= 11 is 3.45. The summed E-state index contributed by atoms with van der Waals surface area (Å²) in [7, 11) is 0. The first-order valence-electron chi connectivity index (χ1n) is 9.40. The predicted molar refractivity (Wildman–Crippen MR) is 113 cm³/mol. The minimum absolute atomic E-state index is 0.0115. The second kappa shape index (κ2) is 8.19. The van der Waals surface area contributed by atoms with E-state index in [1.54, 1.807) is 4.90 Å². The molecule has 4 rings (SSSR count). The predicted octanol–water partition coefficient (Wildman–Crippen LogP) is 3.62. The highest BCUT2D eigenvalue weighted by Gasteiger charge is 2.37. The fraction of sp³-hybridized carbons (Fsp3) is 0.273. The van der Waals surface area contributed by atoms with E-state index in [1.807, 2.05) is 76.7 Å². The highest BCUT2D eigenvalue weighted by Crippen LogP contribution is 2.26. The quantitative estimate of drug-likeness (QED) is 0.683. The molecule has 2 amide bonds. The molecule has 0 aromatic heterocycles. The van der Waals surface area contributed by atoms with Crippen LogP contribution in [-0.2, 0) is 10.1 Å². The summed E-state index contributed by atoms with van der Waals surface area (Å²) in [5.74, 6) is 0.0767. The van der Waals surface area contributed by atoms with Gasteiger partial charge in [-0.2, -0.15) is 0 Å². The molecular weight excluding hydrogens is 418 g/mol. The molecule has 0 aliphatic carbocycles. The van der Waals surface area contributed by atoms with Crippen LogP contribution >= 0.6 is 15.9 Å². The number of carbonyl (C=O) groups excluding carboxylic acids is 2. The van der Waals surface area contributed by atoms with E-state index in [0.717, 1.165) is 17.4 Å². The van der Waals surface area contributed by atoms with Crippen LogP contribution in [0.15, 0.2) is 66.9 Å². The summed E-state index contributed by atoms with van der Waals surface area (Å²) in [6.07, 6.45) is 4.65. The Morgan fingerprint density at radius 2 is 1.82 bits per heavy atom. The standard InChI is InChI=1S/C22H22BrN3O2/c23-15-17-7-9-19(10-8-17)26-14-11-20(22(26)28)24-12-4-13-25(16-24)21(27)18-5-2-1-3-6-18/h1-10,12,20H,11,13-16H2. The minimum Gasteiger partial charge on any atom is -0.348 e. The summed E-state index contributed by atoms with van der Waals surface area (Å²) in [5, 5.41) is 0.799. The lowest BCUT2D eigenvalue weighted by molar-refractivity contribution is -0.121. The van der Waals surface area contributed by atoms with Gasteiger partial charge < -0.3 is 14.7 Å². The third-order valence-electron chi connectivity index (χ3n) is 5.24. The van der Waals surface area contributed by atoms with Crippen LogP contribution in [0.3, 0.4) is 0 Å². The zero-order valence-corrected chi connectivity index (χ0v) is 17.1. The monoisotopic (exact) mass is 439 g/mol. The maximum absolute atomic E-state index is 13.0. The summed E-state index contributed by atoms with van der Waals surface area (Å²) in [4.78, 5) is 31.4. The molecule has 1 atom stereocenters. The van der Waals surface area contributed by atoms with Crippen molar-refractivity contribution in [2.24, 2.45) is 0 Å². The van der Waals surface area contributed by atoms with Crippen LogP contribution in [0.2, 0.25) is 0 Å². The second-order valence-corrected chi connectivity index (χ2v) is 7.59. The van der Waals surface area contributed by atoms with Crippen LogP contribution in [0, 0.1) is 0 Å². The highest BCUT2D eigenvalue weighted by molar-refractivity contribution is 9.08. The third-order valence-corrected chi connectivity index (χ3v) is 5.89. The second-order valence-electron chi connectivity index (χ2n) is 7.03. The van der Waals surface area contributed by atoms with Gasteiger partial charge in [0.2, 0.25) is 5.91 Å². The molecule has 6 heteroatoms. The van der Waals surface area contributed by atoms with Crippen molar-refractivity contribution < 1.29 is 9.59 Å². The molecule has 1 unspecified atom stereocenters. The van der Waals surface area contributed by atoms with Gasteiger partial charge in [-0.25, -0.2) is 0 Å². The Balaban J connectivity index is 1.45. The number of alkyl halides is 1. The van der Waals surface area contributed by atoms with Gasteiger partial charge in [-0.05, 0) is 48.5 Å². The van der Waals surface area contributed by atoms with Crippen LogP contribution in [0.1, 0.15) is 22.3 Å². The Morgan fingerprint density at radius 3 is 2.54 bits per heavy atom. The van der Waals surface area contributed by atoms with E-state index >= 15 is 0 Å². The van der Waals surface area contributed by atoms with E-state index in [1.165, 1.54) is 5.56 Å². The number of hydrogen-bond acceptors (Lipinski definition) is 3. The number of halogens is 1. The normalized spacial score (nSPS) is 19.4. The minimum atomic E-state index is -0.238. The van der Waals surface area contributed by atoms with Gasteiger partial charge >= 0.3 is 0 Å². The maximum Gasteiger partial charge on any atom is 0.255 e. The summed E-state index contributed by atoms with van der Waals surface area (Å²) in [5.41, 5.74) is 2.78. The first-order chi connectivity index (χ1) is 13.7. The molecule has 5 nitrogen and oxygen atoms in total. The molecule has 0 spiro atoms. The maximum atomic E-state index is 13.0. The number of anilines is 1. The highest BCUT2D eigenvalue weighted by atomic mass is 79.9. The molecule has 2 aromatic rings. The van der Waals surface area contributed by atoms with Gasteiger partial charge in [-0.3, -0.25) is 9.59 Å². The Morgan fingerprint density at radius 1 is 1.07 bits per heavy atom. The number of benzene rings is 2. The van der Waals surface area contributed by atoms with Crippen LogP contribution in [0.25, 0.3) is 0 Å². The Hall–Kier alpha value is -2.60. The van der Waals surface area contributed by atoms with E-state index in [-0.39, 0.29) is 17.9 Å². The van der Waals surface area contributed by atoms with E-state index < -0.39 is 0 Å². The van der Waals surface area contributed by atoms with Crippen molar-refractivity contribution in [3.63, 3.8) is 0 Å². The summed E-state index contributed by atoms with van der Waals surface area (Å²) in [6, 6.07) is 17.1. The molecule has 2 heterocycles. The lowest BCUT2D eigenvalue weighted by Crippen LogP contribution is -2.48. The van der Waals surface area contributed by atoms with Crippen molar-refractivity contribution >= 4 is 33.4 Å². The number of hydrogen-bond donors (Lipinski definition) is 0. The van der Waals surface area contributed by atoms with Gasteiger partial charge in [-0.1, -0.05) is 46.3 Å². The van der Waals surface area contributed by atoms with Crippen molar-refractivity contribution in [2.45, 2.75) is 17.8 Å². The van der Waals surface area contributed by atoms with Crippen molar-refractivity contribution in [3.8, 4) is 0 Å². The fourth-order valence-electron chi connectivity index (χ4n) is 3.72. The SMILES string of the molecule is O=C(c1ccccc1)N1CC=CN(C2CCN(c3ccc(CBr)cc3)C2=O)C1. The van der Waals surface area contributed by atoms with Gasteiger partial charge in [0, 0.05) is 29.7 Å². The van der Waals surface area contributed by atoms with Gasteiger partial charge in [0.05, 0.1) is 6.67 Å². The molecule has 2 aliphatic rings. The molecule has 0 radical (unpaired) electrons. The zero-order chi connectivity index (χ0) is 19.5. The molecule has 0 N–H and O–H groups in total. The molecule has 28 heavy (non-hydrogen) atoms. The molecular formula is C22H22BrN3O2. The van der Waals surface area contributed by atoms with Crippen molar-refractivity contribution in [1.82, 2.24) is 9.80 Å². The van der Waals surface area contributed by atoms with Crippen molar-refractivity contribution in [3.05, 3.63) is 78.0 Å². The molecule has 2 aromatic carbocycles. The third kappa shape index (κ3) is 3.69. The average molecular weight is 440 g/mol. The van der Waals surface area contributed by atoms with Crippen molar-refractivity contribution in [2.75, 3.05) is 24.7 Å².